The normalized spacial score (nSPS) is 13.9. The first-order chi connectivity index (χ1) is 8.95. The molecule has 0 fully saturated rings. The number of rotatable bonds is 3. The molecule has 0 aliphatic heterocycles. The second kappa shape index (κ2) is 5.41. The van der Waals surface area contributed by atoms with Gasteiger partial charge >= 0.3 is 0 Å². The molecule has 0 bridgehead atoms. The summed E-state index contributed by atoms with van der Waals surface area (Å²) < 4.78 is 5.23. The van der Waals surface area contributed by atoms with Crippen molar-refractivity contribution < 1.29 is 4.74 Å². The zero-order valence-corrected chi connectivity index (χ0v) is 12.3. The van der Waals surface area contributed by atoms with Crippen molar-refractivity contribution in [2.75, 3.05) is 7.11 Å². The van der Waals surface area contributed by atoms with E-state index in [9.17, 15) is 0 Å². The van der Waals surface area contributed by atoms with Crippen LogP contribution in [0.2, 0.25) is 10.0 Å². The molecule has 100 valence electrons. The SMILES string of the molecule is COc1cc(C(C)(N)c2ccc(Cl)cc2)ccc1Cl. The molecule has 1 unspecified atom stereocenters. The Kier molecular flexibility index (Phi) is 4.04. The average Bonchev–Trinajstić information content (AvgIpc) is 2.39. The maximum Gasteiger partial charge on any atom is 0.137 e. The van der Waals surface area contributed by atoms with Gasteiger partial charge in [0.25, 0.3) is 0 Å². The van der Waals surface area contributed by atoms with Crippen molar-refractivity contribution in [2.24, 2.45) is 5.73 Å². The molecule has 0 aromatic heterocycles. The Labute approximate surface area is 123 Å². The van der Waals surface area contributed by atoms with Gasteiger partial charge in [0.2, 0.25) is 0 Å². The number of nitrogens with two attached hydrogens (primary N) is 1. The first kappa shape index (κ1) is 14.2. The fraction of sp³-hybridized carbons (Fsp3) is 0.200. The van der Waals surface area contributed by atoms with E-state index in [0.29, 0.717) is 15.8 Å². The van der Waals surface area contributed by atoms with Crippen molar-refractivity contribution in [3.8, 4) is 5.75 Å². The van der Waals surface area contributed by atoms with Gasteiger partial charge in [-0.05, 0) is 42.3 Å². The summed E-state index contributed by atoms with van der Waals surface area (Å²) in [5.74, 6) is 0.616. The molecule has 0 radical (unpaired) electrons. The lowest BCUT2D eigenvalue weighted by molar-refractivity contribution is 0.413. The minimum Gasteiger partial charge on any atom is -0.495 e. The molecule has 2 aromatic carbocycles. The summed E-state index contributed by atoms with van der Waals surface area (Å²) in [6.07, 6.45) is 0. The standard InChI is InChI=1S/C15H15Cl2NO/c1-15(18,10-3-6-12(16)7-4-10)11-5-8-13(17)14(9-11)19-2/h3-9H,18H2,1-2H3. The first-order valence-corrected chi connectivity index (χ1v) is 6.59. The molecule has 0 aliphatic rings. The van der Waals surface area contributed by atoms with Crippen LogP contribution in [0.5, 0.6) is 5.75 Å². The van der Waals surface area contributed by atoms with Crippen LogP contribution < -0.4 is 10.5 Å². The lowest BCUT2D eigenvalue weighted by Gasteiger charge is -2.26. The van der Waals surface area contributed by atoms with E-state index in [4.69, 9.17) is 33.7 Å². The lowest BCUT2D eigenvalue weighted by atomic mass is 9.85. The summed E-state index contributed by atoms with van der Waals surface area (Å²) in [5, 5.41) is 1.26. The lowest BCUT2D eigenvalue weighted by Crippen LogP contribution is -2.34. The van der Waals surface area contributed by atoms with Crippen LogP contribution >= 0.6 is 23.2 Å². The number of halogens is 2. The van der Waals surface area contributed by atoms with Crippen LogP contribution in [0.3, 0.4) is 0 Å². The van der Waals surface area contributed by atoms with E-state index in [-0.39, 0.29) is 0 Å². The Hall–Kier alpha value is -1.22. The Morgan fingerprint density at radius 2 is 1.58 bits per heavy atom. The maximum atomic E-state index is 6.44. The van der Waals surface area contributed by atoms with E-state index in [1.807, 2.05) is 43.3 Å². The van der Waals surface area contributed by atoms with Crippen LogP contribution in [0.15, 0.2) is 42.5 Å². The maximum absolute atomic E-state index is 6.44. The van der Waals surface area contributed by atoms with Gasteiger partial charge in [-0.2, -0.15) is 0 Å². The van der Waals surface area contributed by atoms with Gasteiger partial charge < -0.3 is 10.5 Å². The number of hydrogen-bond acceptors (Lipinski definition) is 2. The zero-order chi connectivity index (χ0) is 14.0. The first-order valence-electron chi connectivity index (χ1n) is 5.84. The highest BCUT2D eigenvalue weighted by atomic mass is 35.5. The molecule has 4 heteroatoms. The van der Waals surface area contributed by atoms with Crippen molar-refractivity contribution >= 4 is 23.2 Å². The van der Waals surface area contributed by atoms with Gasteiger partial charge in [0.05, 0.1) is 17.7 Å². The van der Waals surface area contributed by atoms with E-state index in [2.05, 4.69) is 0 Å². The number of hydrogen-bond donors (Lipinski definition) is 1. The predicted octanol–water partition coefficient (Wildman–Crippen LogP) is 4.22. The molecule has 0 spiro atoms. The molecule has 1 atom stereocenters. The minimum atomic E-state index is -0.636. The van der Waals surface area contributed by atoms with Crippen molar-refractivity contribution in [1.82, 2.24) is 0 Å². The third-order valence-corrected chi connectivity index (χ3v) is 3.76. The molecule has 0 aliphatic carbocycles. The highest BCUT2D eigenvalue weighted by molar-refractivity contribution is 6.32. The van der Waals surface area contributed by atoms with E-state index in [1.54, 1.807) is 13.2 Å². The van der Waals surface area contributed by atoms with Crippen LogP contribution in [0.1, 0.15) is 18.1 Å². The van der Waals surface area contributed by atoms with Crippen LogP contribution in [0.4, 0.5) is 0 Å². The Morgan fingerprint density at radius 1 is 1.00 bits per heavy atom. The molecule has 0 amide bonds. The van der Waals surface area contributed by atoms with Crippen molar-refractivity contribution in [1.29, 1.82) is 0 Å². The van der Waals surface area contributed by atoms with Gasteiger partial charge in [-0.15, -0.1) is 0 Å². The van der Waals surface area contributed by atoms with E-state index in [1.165, 1.54) is 0 Å². The number of benzene rings is 2. The summed E-state index contributed by atoms with van der Waals surface area (Å²) in [7, 11) is 1.58. The predicted molar refractivity (Wildman–Crippen MR) is 80.1 cm³/mol. The number of methoxy groups -OCH3 is 1. The van der Waals surface area contributed by atoms with E-state index >= 15 is 0 Å². The molecule has 0 saturated carbocycles. The van der Waals surface area contributed by atoms with Crippen molar-refractivity contribution in [2.45, 2.75) is 12.5 Å². The highest BCUT2D eigenvalue weighted by Gasteiger charge is 2.24. The fourth-order valence-corrected chi connectivity index (χ4v) is 2.27. The number of ether oxygens (including phenoxy) is 1. The Balaban J connectivity index is 2.46. The summed E-state index contributed by atoms with van der Waals surface area (Å²) in [6, 6.07) is 13.0. The van der Waals surface area contributed by atoms with Gasteiger partial charge in [-0.25, -0.2) is 0 Å². The summed E-state index contributed by atoms with van der Waals surface area (Å²) in [5.41, 5.74) is 7.71. The smallest absolute Gasteiger partial charge is 0.137 e. The van der Waals surface area contributed by atoms with Crippen LogP contribution in [-0.4, -0.2) is 7.11 Å². The highest BCUT2D eigenvalue weighted by Crippen LogP contribution is 2.33. The average molecular weight is 296 g/mol. The third kappa shape index (κ3) is 2.86. The van der Waals surface area contributed by atoms with Gasteiger partial charge in [0.15, 0.2) is 0 Å². The van der Waals surface area contributed by atoms with Gasteiger partial charge in [0.1, 0.15) is 5.75 Å². The molecule has 2 nitrogen and oxygen atoms in total. The summed E-state index contributed by atoms with van der Waals surface area (Å²) in [6.45, 7) is 1.94. The molecule has 19 heavy (non-hydrogen) atoms. The molecule has 2 rings (SSSR count). The largest absolute Gasteiger partial charge is 0.495 e. The van der Waals surface area contributed by atoms with Gasteiger partial charge in [0, 0.05) is 5.02 Å². The second-order valence-electron chi connectivity index (χ2n) is 4.56. The quantitative estimate of drug-likeness (QED) is 0.920. The summed E-state index contributed by atoms with van der Waals surface area (Å²) in [4.78, 5) is 0. The molecule has 2 aromatic rings. The second-order valence-corrected chi connectivity index (χ2v) is 5.40. The van der Waals surface area contributed by atoms with Gasteiger partial charge in [-0.1, -0.05) is 41.4 Å². The van der Waals surface area contributed by atoms with Gasteiger partial charge in [-0.3, -0.25) is 0 Å². The minimum absolute atomic E-state index is 0.568. The van der Waals surface area contributed by atoms with E-state index < -0.39 is 5.54 Å². The molecular weight excluding hydrogens is 281 g/mol. The van der Waals surface area contributed by atoms with E-state index in [0.717, 1.165) is 11.1 Å². The Bertz CT molecular complexity index is 579. The van der Waals surface area contributed by atoms with Crippen molar-refractivity contribution in [3.63, 3.8) is 0 Å². The molecule has 2 N–H and O–H groups in total. The zero-order valence-electron chi connectivity index (χ0n) is 10.8. The van der Waals surface area contributed by atoms with Crippen LogP contribution in [-0.2, 0) is 5.54 Å². The van der Waals surface area contributed by atoms with Crippen LogP contribution in [0, 0.1) is 0 Å². The van der Waals surface area contributed by atoms with Crippen LogP contribution in [0.25, 0.3) is 0 Å². The molecular formula is C15H15Cl2NO. The Morgan fingerprint density at radius 3 is 2.16 bits per heavy atom. The third-order valence-electron chi connectivity index (χ3n) is 3.19. The molecule has 0 saturated heterocycles. The fourth-order valence-electron chi connectivity index (χ4n) is 1.95. The van der Waals surface area contributed by atoms with Crippen molar-refractivity contribution in [3.05, 3.63) is 63.6 Å². The monoisotopic (exact) mass is 295 g/mol. The summed E-state index contributed by atoms with van der Waals surface area (Å²) >= 11 is 11.9. The molecule has 0 heterocycles. The topological polar surface area (TPSA) is 35.2 Å².